The summed E-state index contributed by atoms with van der Waals surface area (Å²) in [5.74, 6) is 0.400. The zero-order valence-electron chi connectivity index (χ0n) is 18.3. The van der Waals surface area contributed by atoms with E-state index >= 15 is 0 Å². The van der Waals surface area contributed by atoms with Crippen LogP contribution in [0.1, 0.15) is 42.5 Å². The van der Waals surface area contributed by atoms with Gasteiger partial charge in [0.15, 0.2) is 12.4 Å². The first-order chi connectivity index (χ1) is 14.9. The number of amides is 2. The summed E-state index contributed by atoms with van der Waals surface area (Å²) in [6, 6.07) is 14.7. The van der Waals surface area contributed by atoms with Crippen molar-refractivity contribution in [2.45, 2.75) is 27.7 Å². The van der Waals surface area contributed by atoms with Gasteiger partial charge in [-0.2, -0.15) is 5.10 Å². The first-order valence-corrected chi connectivity index (χ1v) is 10.3. The fourth-order valence-electron chi connectivity index (χ4n) is 3.25. The highest BCUT2D eigenvalue weighted by Crippen LogP contribution is 2.24. The van der Waals surface area contributed by atoms with Crippen LogP contribution in [0.2, 0.25) is 0 Å². The monoisotopic (exact) mass is 421 g/mol. The minimum absolute atomic E-state index is 0.000999. The number of carbonyl (C=O) groups excluding carboxylic acids is 2. The van der Waals surface area contributed by atoms with E-state index in [9.17, 15) is 9.59 Å². The Balaban J connectivity index is 1.61. The van der Waals surface area contributed by atoms with Gasteiger partial charge in [0, 0.05) is 24.0 Å². The maximum Gasteiger partial charge on any atom is 0.307 e. The smallest absolute Gasteiger partial charge is 0.307 e. The predicted molar refractivity (Wildman–Crippen MR) is 120 cm³/mol. The van der Waals surface area contributed by atoms with Crippen molar-refractivity contribution in [1.82, 2.24) is 10.3 Å². The van der Waals surface area contributed by atoms with Gasteiger partial charge in [0.1, 0.15) is 11.3 Å². The highest BCUT2D eigenvalue weighted by molar-refractivity contribution is 6.02. The Morgan fingerprint density at radius 1 is 1.06 bits per heavy atom. The second kappa shape index (κ2) is 9.93. The van der Waals surface area contributed by atoms with E-state index in [1.807, 2.05) is 57.2 Å². The van der Waals surface area contributed by atoms with Crippen LogP contribution in [0, 0.1) is 6.92 Å². The van der Waals surface area contributed by atoms with Crippen molar-refractivity contribution in [3.8, 4) is 5.75 Å². The molecule has 31 heavy (non-hydrogen) atoms. The van der Waals surface area contributed by atoms with Crippen molar-refractivity contribution in [3.63, 3.8) is 0 Å². The van der Waals surface area contributed by atoms with E-state index in [0.29, 0.717) is 30.1 Å². The van der Waals surface area contributed by atoms with Crippen LogP contribution < -0.4 is 10.2 Å². The van der Waals surface area contributed by atoms with Crippen molar-refractivity contribution < 1.29 is 18.7 Å². The fraction of sp³-hybridized carbons (Fsp3) is 0.292. The SMILES string of the molecule is CCN(CC)C(=O)COc1ccc(/C(C)=N\NC(=O)c2oc3ccccc3c2C)cc1. The van der Waals surface area contributed by atoms with E-state index in [1.165, 1.54) is 0 Å². The van der Waals surface area contributed by atoms with Gasteiger partial charge in [0.05, 0.1) is 5.71 Å². The molecule has 2 aromatic carbocycles. The van der Waals surface area contributed by atoms with Crippen LogP contribution in [-0.4, -0.2) is 42.1 Å². The topological polar surface area (TPSA) is 84.1 Å². The molecule has 0 bridgehead atoms. The summed E-state index contributed by atoms with van der Waals surface area (Å²) in [7, 11) is 0. The molecule has 1 heterocycles. The highest BCUT2D eigenvalue weighted by atomic mass is 16.5. The van der Waals surface area contributed by atoms with E-state index < -0.39 is 5.91 Å². The molecule has 0 fully saturated rings. The molecule has 3 aromatic rings. The highest BCUT2D eigenvalue weighted by Gasteiger charge is 2.17. The van der Waals surface area contributed by atoms with Gasteiger partial charge in [-0.3, -0.25) is 9.59 Å². The van der Waals surface area contributed by atoms with Crippen molar-refractivity contribution in [2.24, 2.45) is 5.10 Å². The van der Waals surface area contributed by atoms with Crippen LogP contribution in [0.4, 0.5) is 0 Å². The van der Waals surface area contributed by atoms with E-state index in [-0.39, 0.29) is 18.3 Å². The predicted octanol–water partition coefficient (Wildman–Crippen LogP) is 4.14. The maximum absolute atomic E-state index is 12.5. The number of rotatable bonds is 8. The molecule has 1 aromatic heterocycles. The molecule has 0 saturated carbocycles. The molecule has 1 N–H and O–H groups in total. The van der Waals surface area contributed by atoms with Crippen LogP contribution in [0.15, 0.2) is 58.0 Å². The lowest BCUT2D eigenvalue weighted by atomic mass is 10.1. The largest absolute Gasteiger partial charge is 0.484 e. The molecule has 0 aliphatic rings. The number of carbonyl (C=O) groups is 2. The first-order valence-electron chi connectivity index (χ1n) is 10.3. The average molecular weight is 421 g/mol. The molecule has 0 atom stereocenters. The number of nitrogens with zero attached hydrogens (tertiary/aromatic N) is 2. The Bertz CT molecular complexity index is 1100. The first kappa shape index (κ1) is 22.1. The van der Waals surface area contributed by atoms with Crippen LogP contribution in [0.25, 0.3) is 11.0 Å². The minimum Gasteiger partial charge on any atom is -0.484 e. The number of ether oxygens (including phenoxy) is 1. The molecule has 7 nitrogen and oxygen atoms in total. The summed E-state index contributed by atoms with van der Waals surface area (Å²) < 4.78 is 11.2. The molecule has 0 radical (unpaired) electrons. The second-order valence-electron chi connectivity index (χ2n) is 7.07. The zero-order chi connectivity index (χ0) is 22.4. The van der Waals surface area contributed by atoms with Gasteiger partial charge in [0.25, 0.3) is 5.91 Å². The Hall–Kier alpha value is -3.61. The van der Waals surface area contributed by atoms with Crippen molar-refractivity contribution in [2.75, 3.05) is 19.7 Å². The number of nitrogens with one attached hydrogen (secondary N) is 1. The number of hydrogen-bond acceptors (Lipinski definition) is 5. The molecule has 162 valence electrons. The molecule has 7 heteroatoms. The fourth-order valence-corrected chi connectivity index (χ4v) is 3.25. The van der Waals surface area contributed by atoms with E-state index in [4.69, 9.17) is 9.15 Å². The molecule has 3 rings (SSSR count). The number of furan rings is 1. The van der Waals surface area contributed by atoms with Crippen LogP contribution in [0.3, 0.4) is 0 Å². The number of benzene rings is 2. The van der Waals surface area contributed by atoms with Crippen LogP contribution in [-0.2, 0) is 4.79 Å². The third kappa shape index (κ3) is 5.12. The molecular weight excluding hydrogens is 394 g/mol. The van der Waals surface area contributed by atoms with Crippen molar-refractivity contribution in [3.05, 3.63) is 65.4 Å². The second-order valence-corrected chi connectivity index (χ2v) is 7.07. The Kier molecular flexibility index (Phi) is 7.07. The third-order valence-corrected chi connectivity index (χ3v) is 5.13. The van der Waals surface area contributed by atoms with Gasteiger partial charge in [-0.15, -0.1) is 0 Å². The molecule has 0 saturated heterocycles. The van der Waals surface area contributed by atoms with Gasteiger partial charge in [-0.05, 0) is 63.6 Å². The minimum atomic E-state index is -0.400. The lowest BCUT2D eigenvalue weighted by Crippen LogP contribution is -2.34. The molecule has 0 aliphatic carbocycles. The Morgan fingerprint density at radius 2 is 1.74 bits per heavy atom. The van der Waals surface area contributed by atoms with Gasteiger partial charge < -0.3 is 14.1 Å². The number of hydrazone groups is 1. The summed E-state index contributed by atoms with van der Waals surface area (Å²) in [4.78, 5) is 26.3. The standard InChI is InChI=1S/C24H27N3O4/c1-5-27(6-2)22(28)15-30-19-13-11-18(12-14-19)17(4)25-26-24(29)23-16(3)20-9-7-8-10-21(20)31-23/h7-14H,5-6,15H2,1-4H3,(H,26,29)/b25-17-. The third-order valence-electron chi connectivity index (χ3n) is 5.13. The normalized spacial score (nSPS) is 11.4. The number of fused-ring (bicyclic) bond motifs is 1. The summed E-state index contributed by atoms with van der Waals surface area (Å²) in [6.07, 6.45) is 0. The average Bonchev–Trinajstić information content (AvgIpc) is 3.13. The van der Waals surface area contributed by atoms with Gasteiger partial charge in [-0.1, -0.05) is 18.2 Å². The summed E-state index contributed by atoms with van der Waals surface area (Å²) >= 11 is 0. The Labute approximate surface area is 181 Å². The number of likely N-dealkylation sites (N-methyl/N-ethyl adjacent to an activating group) is 1. The Morgan fingerprint density at radius 3 is 2.39 bits per heavy atom. The van der Waals surface area contributed by atoms with E-state index in [2.05, 4.69) is 10.5 Å². The van der Waals surface area contributed by atoms with Crippen molar-refractivity contribution >= 4 is 28.5 Å². The summed E-state index contributed by atoms with van der Waals surface area (Å²) in [5.41, 5.74) is 5.46. The molecule has 0 aliphatic heterocycles. The lowest BCUT2D eigenvalue weighted by Gasteiger charge is -2.18. The van der Waals surface area contributed by atoms with Crippen molar-refractivity contribution in [1.29, 1.82) is 0 Å². The lowest BCUT2D eigenvalue weighted by molar-refractivity contribution is -0.132. The maximum atomic E-state index is 12.5. The number of hydrogen-bond donors (Lipinski definition) is 1. The van der Waals surface area contributed by atoms with Gasteiger partial charge in [0.2, 0.25) is 0 Å². The van der Waals surface area contributed by atoms with Crippen LogP contribution >= 0.6 is 0 Å². The van der Waals surface area contributed by atoms with Gasteiger partial charge >= 0.3 is 5.91 Å². The number of aryl methyl sites for hydroxylation is 1. The summed E-state index contributed by atoms with van der Waals surface area (Å²) in [6.45, 7) is 8.84. The van der Waals surface area contributed by atoms with Crippen LogP contribution in [0.5, 0.6) is 5.75 Å². The van der Waals surface area contributed by atoms with Gasteiger partial charge in [-0.25, -0.2) is 5.43 Å². The number of para-hydroxylation sites is 1. The zero-order valence-corrected chi connectivity index (χ0v) is 18.3. The molecule has 2 amide bonds. The summed E-state index contributed by atoms with van der Waals surface area (Å²) in [5, 5.41) is 5.09. The van der Waals surface area contributed by atoms with E-state index in [0.717, 1.165) is 16.5 Å². The van der Waals surface area contributed by atoms with E-state index in [1.54, 1.807) is 24.0 Å². The molecular formula is C24H27N3O4. The quantitative estimate of drug-likeness (QED) is 0.438. The molecule has 0 unspecified atom stereocenters. The molecule has 0 spiro atoms.